The van der Waals surface area contributed by atoms with E-state index in [1.165, 1.54) is 6.20 Å². The Morgan fingerprint density at radius 3 is 3.18 bits per heavy atom. The smallest absolute Gasteiger partial charge is 0.104 e. The normalized spacial score (nSPS) is 21.6. The van der Waals surface area contributed by atoms with Gasteiger partial charge in [-0.3, -0.25) is 8.89 Å². The molecule has 0 radical (unpaired) electrons. The number of ether oxygens (including phenoxy) is 1. The summed E-state index contributed by atoms with van der Waals surface area (Å²) in [4.78, 5) is 0. The molecule has 0 bridgehead atoms. The number of hydrogen-bond acceptors (Lipinski definition) is 5. The van der Waals surface area contributed by atoms with Gasteiger partial charge in [0.1, 0.15) is 5.69 Å². The minimum absolute atomic E-state index is 0.0812. The first-order valence-corrected chi connectivity index (χ1v) is 6.43. The average Bonchev–Trinajstić information content (AvgIpc) is 2.90. The van der Waals surface area contributed by atoms with Gasteiger partial charge in [0.05, 0.1) is 29.8 Å². The van der Waals surface area contributed by atoms with Crippen molar-refractivity contribution in [3.63, 3.8) is 0 Å². The van der Waals surface area contributed by atoms with Crippen molar-refractivity contribution in [1.29, 1.82) is 0 Å². The summed E-state index contributed by atoms with van der Waals surface area (Å²) in [6.07, 6.45) is 5.17. The molecule has 96 valence electrons. The highest BCUT2D eigenvalue weighted by Gasteiger charge is 2.17. The molecule has 1 fully saturated rings. The van der Waals surface area contributed by atoms with Crippen molar-refractivity contribution in [3.05, 3.63) is 12.4 Å². The van der Waals surface area contributed by atoms with Crippen LogP contribution in [0.2, 0.25) is 0 Å². The summed E-state index contributed by atoms with van der Waals surface area (Å²) in [5.41, 5.74) is 3.32. The van der Waals surface area contributed by atoms with E-state index in [0.717, 1.165) is 23.9 Å². The maximum absolute atomic E-state index is 11.1. The molecule has 0 saturated carbocycles. The highest BCUT2D eigenvalue weighted by atomic mass is 32.2. The van der Waals surface area contributed by atoms with Crippen LogP contribution in [0.1, 0.15) is 12.8 Å². The zero-order valence-corrected chi connectivity index (χ0v) is 10.4. The van der Waals surface area contributed by atoms with Gasteiger partial charge in [-0.2, -0.15) is 5.10 Å². The molecule has 7 nitrogen and oxygen atoms in total. The zero-order valence-electron chi connectivity index (χ0n) is 9.54. The molecule has 8 heteroatoms. The summed E-state index contributed by atoms with van der Waals surface area (Å²) in [7, 11) is 1.73. The van der Waals surface area contributed by atoms with Crippen LogP contribution >= 0.6 is 0 Å². The number of rotatable bonds is 5. The molecule has 0 spiro atoms. The minimum atomic E-state index is -2.38. The van der Waals surface area contributed by atoms with Gasteiger partial charge in [0.25, 0.3) is 0 Å². The van der Waals surface area contributed by atoms with E-state index in [1.54, 1.807) is 17.9 Å². The first kappa shape index (κ1) is 12.5. The SMILES string of the molecule is Cn1cc(N(NC[C@@H]2CCCO2)S(=O)[O-])cn1. The summed E-state index contributed by atoms with van der Waals surface area (Å²) < 4.78 is 30.2. The van der Waals surface area contributed by atoms with E-state index < -0.39 is 11.3 Å². The van der Waals surface area contributed by atoms with E-state index in [2.05, 4.69) is 10.5 Å². The Hall–Kier alpha value is -0.960. The van der Waals surface area contributed by atoms with Crippen LogP contribution in [0.15, 0.2) is 12.4 Å². The second-order valence-corrected chi connectivity index (χ2v) is 4.68. The summed E-state index contributed by atoms with van der Waals surface area (Å²) in [5, 5.41) is 3.93. The second-order valence-electron chi connectivity index (χ2n) is 3.88. The molecule has 0 aliphatic carbocycles. The molecule has 1 aromatic heterocycles. The largest absolute Gasteiger partial charge is 0.754 e. The van der Waals surface area contributed by atoms with Crippen molar-refractivity contribution in [1.82, 2.24) is 15.2 Å². The number of nitrogens with zero attached hydrogens (tertiary/aromatic N) is 3. The van der Waals surface area contributed by atoms with Gasteiger partial charge in [-0.1, -0.05) is 0 Å². The maximum atomic E-state index is 11.1. The highest BCUT2D eigenvalue weighted by molar-refractivity contribution is 7.80. The lowest BCUT2D eigenvalue weighted by Crippen LogP contribution is -2.43. The maximum Gasteiger partial charge on any atom is 0.104 e. The summed E-state index contributed by atoms with van der Waals surface area (Å²) in [6.45, 7) is 1.22. The molecule has 0 aromatic carbocycles. The van der Waals surface area contributed by atoms with Gasteiger partial charge in [0, 0.05) is 20.2 Å². The van der Waals surface area contributed by atoms with Crippen LogP contribution in [0.5, 0.6) is 0 Å². The third-order valence-electron chi connectivity index (χ3n) is 2.56. The fourth-order valence-corrected chi connectivity index (χ4v) is 2.18. The Morgan fingerprint density at radius 2 is 2.65 bits per heavy atom. The Labute approximate surface area is 102 Å². The lowest BCUT2D eigenvalue weighted by molar-refractivity contribution is 0.110. The van der Waals surface area contributed by atoms with Crippen LogP contribution in [0.3, 0.4) is 0 Å². The van der Waals surface area contributed by atoms with Crippen molar-refractivity contribution in [2.24, 2.45) is 7.05 Å². The lowest BCUT2D eigenvalue weighted by Gasteiger charge is -2.26. The van der Waals surface area contributed by atoms with Gasteiger partial charge < -0.3 is 9.29 Å². The Morgan fingerprint density at radius 1 is 1.82 bits per heavy atom. The predicted octanol–water partition coefficient (Wildman–Crippen LogP) is -0.296. The predicted molar refractivity (Wildman–Crippen MR) is 61.6 cm³/mol. The van der Waals surface area contributed by atoms with Crippen LogP contribution < -0.4 is 9.84 Å². The minimum Gasteiger partial charge on any atom is -0.754 e. The third-order valence-corrected chi connectivity index (χ3v) is 3.20. The van der Waals surface area contributed by atoms with Gasteiger partial charge in [0.15, 0.2) is 0 Å². The molecular weight excluding hydrogens is 244 g/mol. The molecule has 17 heavy (non-hydrogen) atoms. The molecule has 1 aromatic rings. The lowest BCUT2D eigenvalue weighted by atomic mass is 10.2. The van der Waals surface area contributed by atoms with Crippen LogP contribution in [-0.2, 0) is 23.1 Å². The second kappa shape index (κ2) is 5.58. The molecule has 2 rings (SSSR count). The molecule has 1 unspecified atom stereocenters. The number of anilines is 1. The molecular formula is C9H15N4O3S-. The molecule has 1 saturated heterocycles. The number of aryl methyl sites for hydroxylation is 1. The van der Waals surface area contributed by atoms with E-state index in [4.69, 9.17) is 4.74 Å². The number of hydrogen-bond donors (Lipinski definition) is 1. The Kier molecular flexibility index (Phi) is 4.11. The fraction of sp³-hybridized carbons (Fsp3) is 0.667. The van der Waals surface area contributed by atoms with Crippen LogP contribution in [0.4, 0.5) is 5.69 Å². The first-order valence-electron chi connectivity index (χ1n) is 5.40. The summed E-state index contributed by atoms with van der Waals surface area (Å²) >= 11 is -2.38. The van der Waals surface area contributed by atoms with Crippen molar-refractivity contribution >= 4 is 17.0 Å². The summed E-state index contributed by atoms with van der Waals surface area (Å²) in [6, 6.07) is 0. The molecule has 1 aliphatic rings. The molecule has 2 heterocycles. The van der Waals surface area contributed by atoms with Crippen LogP contribution in [0.25, 0.3) is 0 Å². The van der Waals surface area contributed by atoms with Gasteiger partial charge in [-0.05, 0) is 12.8 Å². The Balaban J connectivity index is 1.95. The van der Waals surface area contributed by atoms with E-state index in [0.29, 0.717) is 12.2 Å². The number of nitrogens with one attached hydrogen (secondary N) is 1. The van der Waals surface area contributed by atoms with E-state index in [9.17, 15) is 8.76 Å². The van der Waals surface area contributed by atoms with Gasteiger partial charge in [-0.15, -0.1) is 0 Å². The number of aromatic nitrogens is 2. The van der Waals surface area contributed by atoms with E-state index in [1.807, 2.05) is 0 Å². The molecule has 2 atom stereocenters. The highest BCUT2D eigenvalue weighted by Crippen LogP contribution is 2.14. The summed E-state index contributed by atoms with van der Waals surface area (Å²) in [5.74, 6) is 0. The number of hydrazine groups is 1. The molecule has 1 N–H and O–H groups in total. The van der Waals surface area contributed by atoms with E-state index in [-0.39, 0.29) is 6.10 Å². The van der Waals surface area contributed by atoms with E-state index >= 15 is 0 Å². The topological polar surface area (TPSA) is 82.5 Å². The Bertz CT molecular complexity index is 391. The zero-order chi connectivity index (χ0) is 12.3. The third kappa shape index (κ3) is 3.25. The first-order chi connectivity index (χ1) is 8.16. The van der Waals surface area contributed by atoms with Gasteiger partial charge in [0.2, 0.25) is 0 Å². The monoisotopic (exact) mass is 259 g/mol. The van der Waals surface area contributed by atoms with Crippen LogP contribution in [0, 0.1) is 0 Å². The van der Waals surface area contributed by atoms with Crippen molar-refractivity contribution in [3.8, 4) is 0 Å². The fourth-order valence-electron chi connectivity index (χ4n) is 1.73. The standard InChI is InChI=1S/C9H16N4O3S/c1-12-7-8(5-10-12)13(17(14)15)11-6-9-3-2-4-16-9/h5,7,9,11H,2-4,6H2,1H3,(H,14,15)/p-1/t9-/m0/s1. The van der Waals surface area contributed by atoms with Crippen LogP contribution in [-0.4, -0.2) is 37.8 Å². The molecule has 1 aliphatic heterocycles. The van der Waals surface area contributed by atoms with Gasteiger partial charge in [-0.25, -0.2) is 9.84 Å². The quantitative estimate of drug-likeness (QED) is 0.580. The van der Waals surface area contributed by atoms with Gasteiger partial charge >= 0.3 is 0 Å². The van der Waals surface area contributed by atoms with Crippen molar-refractivity contribution in [2.75, 3.05) is 17.6 Å². The molecule has 0 amide bonds. The average molecular weight is 259 g/mol. The van der Waals surface area contributed by atoms with Crippen molar-refractivity contribution < 1.29 is 13.5 Å². The van der Waals surface area contributed by atoms with Crippen molar-refractivity contribution in [2.45, 2.75) is 18.9 Å².